The summed E-state index contributed by atoms with van der Waals surface area (Å²) in [5.41, 5.74) is 1.01. The molecule has 0 unspecified atom stereocenters. The summed E-state index contributed by atoms with van der Waals surface area (Å²) in [7, 11) is 0. The van der Waals surface area contributed by atoms with E-state index >= 15 is 0 Å². The number of aromatic hydroxyl groups is 1. The van der Waals surface area contributed by atoms with Gasteiger partial charge in [0, 0.05) is 16.6 Å². The summed E-state index contributed by atoms with van der Waals surface area (Å²) < 4.78 is 28.0. The van der Waals surface area contributed by atoms with E-state index in [4.69, 9.17) is 5.11 Å². The average Bonchev–Trinajstić information content (AvgIpc) is 2.93. The molecule has 150 valence electrons. The summed E-state index contributed by atoms with van der Waals surface area (Å²) in [6.07, 6.45) is -0.239. The molecular weight excluding hydrogens is 386 g/mol. The minimum atomic E-state index is -1.20. The zero-order chi connectivity index (χ0) is 21.3. The molecule has 7 nitrogen and oxygen atoms in total. The van der Waals surface area contributed by atoms with Crippen LogP contribution in [-0.2, 0) is 16.0 Å². The fourth-order valence-electron chi connectivity index (χ4n) is 3.11. The topological polar surface area (TPSA) is 109 Å². The first-order valence-corrected chi connectivity index (χ1v) is 8.50. The number of fused-ring (bicyclic) bond motifs is 1. The van der Waals surface area contributed by atoms with Crippen LogP contribution in [-0.4, -0.2) is 39.1 Å². The van der Waals surface area contributed by atoms with Crippen LogP contribution in [0.2, 0.25) is 0 Å². The number of carboxylic acids is 1. The molecule has 2 aromatic carbocycles. The lowest BCUT2D eigenvalue weighted by molar-refractivity contribution is -0.137. The highest BCUT2D eigenvalue weighted by Crippen LogP contribution is 2.30. The Morgan fingerprint density at radius 3 is 2.45 bits per heavy atom. The van der Waals surface area contributed by atoms with Crippen molar-refractivity contribution >= 4 is 28.7 Å². The molecule has 0 aliphatic rings. The molecule has 0 saturated carbocycles. The van der Waals surface area contributed by atoms with Gasteiger partial charge in [-0.25, -0.2) is 8.78 Å². The monoisotopic (exact) mass is 402 g/mol. The lowest BCUT2D eigenvalue weighted by Gasteiger charge is -2.08. The summed E-state index contributed by atoms with van der Waals surface area (Å²) >= 11 is 0. The van der Waals surface area contributed by atoms with Crippen LogP contribution in [0.4, 0.5) is 8.78 Å². The van der Waals surface area contributed by atoms with Gasteiger partial charge in [0.1, 0.15) is 12.3 Å². The lowest BCUT2D eigenvalue weighted by Crippen LogP contribution is -2.30. The standard InChI is InChI=1S/C20H16F2N2O5/c1-10-13(8-18(26)23-9-19(27)28)14-7-12(25)3-5-17(14)24(10)20(29)11-2-4-15(21)16(22)6-11/h2-7,25H,8-9H2,1H3,(H,23,26)(H,27,28). The Labute approximate surface area is 163 Å². The predicted molar refractivity (Wildman–Crippen MR) is 98.8 cm³/mol. The van der Waals surface area contributed by atoms with Crippen LogP contribution >= 0.6 is 0 Å². The number of amides is 1. The first kappa shape index (κ1) is 20.0. The van der Waals surface area contributed by atoms with E-state index in [-0.39, 0.29) is 17.7 Å². The number of aromatic nitrogens is 1. The first-order valence-electron chi connectivity index (χ1n) is 8.50. The van der Waals surface area contributed by atoms with Crippen LogP contribution in [0.25, 0.3) is 10.9 Å². The number of nitrogens with zero attached hydrogens (tertiary/aromatic N) is 1. The maximum absolute atomic E-state index is 13.6. The molecule has 3 rings (SSSR count). The zero-order valence-electron chi connectivity index (χ0n) is 15.2. The molecular formula is C20H16F2N2O5. The molecule has 3 aromatic rings. The number of hydrogen-bond acceptors (Lipinski definition) is 4. The maximum Gasteiger partial charge on any atom is 0.322 e. The molecule has 0 aliphatic carbocycles. The van der Waals surface area contributed by atoms with Crippen molar-refractivity contribution in [2.45, 2.75) is 13.3 Å². The number of carbonyl (C=O) groups is 3. The van der Waals surface area contributed by atoms with E-state index in [2.05, 4.69) is 5.32 Å². The summed E-state index contributed by atoms with van der Waals surface area (Å²) in [5, 5.41) is 21.1. The van der Waals surface area contributed by atoms with Gasteiger partial charge in [-0.15, -0.1) is 0 Å². The molecule has 9 heteroatoms. The van der Waals surface area contributed by atoms with Gasteiger partial charge in [-0.05, 0) is 48.9 Å². The quantitative estimate of drug-likeness (QED) is 0.607. The Morgan fingerprint density at radius 2 is 1.79 bits per heavy atom. The van der Waals surface area contributed by atoms with Gasteiger partial charge in [-0.1, -0.05) is 0 Å². The van der Waals surface area contributed by atoms with E-state index in [0.717, 1.165) is 18.2 Å². The van der Waals surface area contributed by atoms with Gasteiger partial charge >= 0.3 is 5.97 Å². The minimum absolute atomic E-state index is 0.0953. The van der Waals surface area contributed by atoms with Gasteiger partial charge in [-0.2, -0.15) is 0 Å². The van der Waals surface area contributed by atoms with Crippen LogP contribution in [0, 0.1) is 18.6 Å². The maximum atomic E-state index is 13.6. The van der Waals surface area contributed by atoms with E-state index in [0.29, 0.717) is 22.2 Å². The molecule has 0 aliphatic heterocycles. The summed E-state index contributed by atoms with van der Waals surface area (Å²) in [5.74, 6) is -4.79. The van der Waals surface area contributed by atoms with Crippen LogP contribution < -0.4 is 5.32 Å². The minimum Gasteiger partial charge on any atom is -0.508 e. The molecule has 0 saturated heterocycles. The number of halogens is 2. The number of rotatable bonds is 5. The highest BCUT2D eigenvalue weighted by molar-refractivity contribution is 6.05. The fraction of sp³-hybridized carbons (Fsp3) is 0.150. The number of carbonyl (C=O) groups excluding carboxylic acids is 2. The van der Waals surface area contributed by atoms with Gasteiger partial charge in [0.2, 0.25) is 5.91 Å². The predicted octanol–water partition coefficient (Wildman–Crippen LogP) is 2.37. The molecule has 0 bridgehead atoms. The lowest BCUT2D eigenvalue weighted by atomic mass is 10.1. The SMILES string of the molecule is Cc1c(CC(=O)NCC(=O)O)c2cc(O)ccc2n1C(=O)c1ccc(F)c(F)c1. The number of nitrogens with one attached hydrogen (secondary N) is 1. The molecule has 0 spiro atoms. The Balaban J connectivity index is 2.09. The molecule has 0 atom stereocenters. The van der Waals surface area contributed by atoms with E-state index < -0.39 is 36.0 Å². The second kappa shape index (κ2) is 7.70. The number of aliphatic carboxylic acids is 1. The Morgan fingerprint density at radius 1 is 1.07 bits per heavy atom. The number of phenols is 1. The largest absolute Gasteiger partial charge is 0.508 e. The van der Waals surface area contributed by atoms with Crippen molar-refractivity contribution in [3.05, 3.63) is 64.9 Å². The molecule has 0 fully saturated rings. The average molecular weight is 402 g/mol. The van der Waals surface area contributed by atoms with E-state index in [1.54, 1.807) is 6.92 Å². The number of hydrogen-bond donors (Lipinski definition) is 3. The molecule has 1 heterocycles. The second-order valence-electron chi connectivity index (χ2n) is 6.38. The summed E-state index contributed by atoms with van der Waals surface area (Å²) in [6.45, 7) is 1.00. The van der Waals surface area contributed by atoms with Crippen molar-refractivity contribution in [1.29, 1.82) is 0 Å². The van der Waals surface area contributed by atoms with Gasteiger partial charge in [0.25, 0.3) is 5.91 Å². The molecule has 29 heavy (non-hydrogen) atoms. The molecule has 3 N–H and O–H groups in total. The van der Waals surface area contributed by atoms with Crippen molar-refractivity contribution in [2.75, 3.05) is 6.54 Å². The zero-order valence-corrected chi connectivity index (χ0v) is 15.2. The third-order valence-electron chi connectivity index (χ3n) is 4.46. The molecule has 1 amide bonds. The Kier molecular flexibility index (Phi) is 5.31. The van der Waals surface area contributed by atoms with Crippen LogP contribution in [0.1, 0.15) is 21.6 Å². The third kappa shape index (κ3) is 3.93. The normalized spacial score (nSPS) is 10.9. The van der Waals surface area contributed by atoms with Gasteiger partial charge in [0.05, 0.1) is 11.9 Å². The van der Waals surface area contributed by atoms with Crippen molar-refractivity contribution in [3.63, 3.8) is 0 Å². The Hall–Kier alpha value is -3.75. The highest BCUT2D eigenvalue weighted by Gasteiger charge is 2.22. The smallest absolute Gasteiger partial charge is 0.322 e. The van der Waals surface area contributed by atoms with Crippen molar-refractivity contribution in [2.24, 2.45) is 0 Å². The van der Waals surface area contributed by atoms with Gasteiger partial charge in [-0.3, -0.25) is 19.0 Å². The van der Waals surface area contributed by atoms with Crippen LogP contribution in [0.5, 0.6) is 5.75 Å². The fourth-order valence-corrected chi connectivity index (χ4v) is 3.11. The van der Waals surface area contributed by atoms with Crippen LogP contribution in [0.15, 0.2) is 36.4 Å². The van der Waals surface area contributed by atoms with Crippen molar-refractivity contribution in [3.8, 4) is 5.75 Å². The highest BCUT2D eigenvalue weighted by atomic mass is 19.2. The number of phenolic OH excluding ortho intramolecular Hbond substituents is 1. The third-order valence-corrected chi connectivity index (χ3v) is 4.46. The van der Waals surface area contributed by atoms with E-state index in [1.807, 2.05) is 0 Å². The first-order chi connectivity index (χ1) is 13.7. The van der Waals surface area contributed by atoms with Crippen molar-refractivity contribution < 1.29 is 33.4 Å². The summed E-state index contributed by atoms with van der Waals surface area (Å²) in [6, 6.07) is 6.96. The van der Waals surface area contributed by atoms with Crippen molar-refractivity contribution in [1.82, 2.24) is 9.88 Å². The van der Waals surface area contributed by atoms with E-state index in [1.165, 1.54) is 22.8 Å². The van der Waals surface area contributed by atoms with Crippen LogP contribution in [0.3, 0.4) is 0 Å². The number of carboxylic acid groups (broad SMARTS) is 1. The van der Waals surface area contributed by atoms with E-state index in [9.17, 15) is 28.3 Å². The Bertz CT molecular complexity index is 1150. The second-order valence-corrected chi connectivity index (χ2v) is 6.38. The van der Waals surface area contributed by atoms with Gasteiger partial charge < -0.3 is 15.5 Å². The van der Waals surface area contributed by atoms with Gasteiger partial charge in [0.15, 0.2) is 11.6 Å². The molecule has 0 radical (unpaired) electrons. The summed E-state index contributed by atoms with van der Waals surface area (Å²) in [4.78, 5) is 35.7. The number of benzene rings is 2. The molecule has 1 aromatic heterocycles.